The van der Waals surface area contributed by atoms with E-state index in [0.29, 0.717) is 16.6 Å². The Morgan fingerprint density at radius 3 is 2.70 bits per heavy atom. The standard InChI is InChI=1S/C16H14F2N4O/c1-21(2)14(23)9-22-13-7-11(8-19-15(13)16(18)20-22)10-4-3-5-12(17)6-10/h3-8H,9H2,1-2H3. The molecule has 0 spiro atoms. The molecule has 0 N–H and O–H groups in total. The van der Waals surface area contributed by atoms with Crippen LogP contribution in [0.1, 0.15) is 0 Å². The summed E-state index contributed by atoms with van der Waals surface area (Å²) in [7, 11) is 3.22. The van der Waals surface area contributed by atoms with Crippen molar-refractivity contribution < 1.29 is 13.6 Å². The molecule has 7 heteroatoms. The molecule has 23 heavy (non-hydrogen) atoms. The molecule has 0 unspecified atom stereocenters. The Balaban J connectivity index is 2.09. The van der Waals surface area contributed by atoms with E-state index in [9.17, 15) is 13.6 Å². The van der Waals surface area contributed by atoms with Crippen LogP contribution in [-0.2, 0) is 11.3 Å². The molecule has 0 bridgehead atoms. The SMILES string of the molecule is CN(C)C(=O)Cn1nc(F)c2ncc(-c3cccc(F)c3)cc21. The van der Waals surface area contributed by atoms with Crippen LogP contribution in [-0.4, -0.2) is 39.7 Å². The third-order valence-corrected chi connectivity index (χ3v) is 3.49. The van der Waals surface area contributed by atoms with Crippen molar-refractivity contribution in [2.24, 2.45) is 0 Å². The highest BCUT2D eigenvalue weighted by atomic mass is 19.1. The molecule has 2 aromatic heterocycles. The van der Waals surface area contributed by atoms with Gasteiger partial charge >= 0.3 is 0 Å². The number of amides is 1. The summed E-state index contributed by atoms with van der Waals surface area (Å²) in [5.41, 5.74) is 1.71. The number of pyridine rings is 1. The van der Waals surface area contributed by atoms with Gasteiger partial charge in [0, 0.05) is 25.9 Å². The summed E-state index contributed by atoms with van der Waals surface area (Å²) >= 11 is 0. The second kappa shape index (κ2) is 5.75. The minimum absolute atomic E-state index is 0.0803. The lowest BCUT2D eigenvalue weighted by Gasteiger charge is -2.10. The maximum atomic E-state index is 13.9. The van der Waals surface area contributed by atoms with E-state index < -0.39 is 5.95 Å². The van der Waals surface area contributed by atoms with Crippen molar-refractivity contribution in [3.8, 4) is 11.1 Å². The number of nitrogens with zero attached hydrogens (tertiary/aromatic N) is 4. The zero-order valence-electron chi connectivity index (χ0n) is 12.6. The average molecular weight is 316 g/mol. The van der Waals surface area contributed by atoms with E-state index in [-0.39, 0.29) is 23.8 Å². The lowest BCUT2D eigenvalue weighted by molar-refractivity contribution is -0.129. The summed E-state index contributed by atoms with van der Waals surface area (Å²) < 4.78 is 28.5. The fourth-order valence-corrected chi connectivity index (χ4v) is 2.23. The highest BCUT2D eigenvalue weighted by Gasteiger charge is 2.16. The largest absolute Gasteiger partial charge is 0.347 e. The van der Waals surface area contributed by atoms with E-state index in [1.54, 1.807) is 32.3 Å². The molecule has 1 amide bonds. The Kier molecular flexibility index (Phi) is 3.77. The molecular weight excluding hydrogens is 302 g/mol. The third-order valence-electron chi connectivity index (χ3n) is 3.49. The first-order valence-corrected chi connectivity index (χ1v) is 6.94. The number of likely N-dealkylation sites (N-methyl/N-ethyl adjacent to an activating group) is 1. The van der Waals surface area contributed by atoms with Gasteiger partial charge in [-0.05, 0) is 23.8 Å². The van der Waals surface area contributed by atoms with Crippen molar-refractivity contribution >= 4 is 16.9 Å². The molecule has 3 rings (SSSR count). The maximum Gasteiger partial charge on any atom is 0.258 e. The number of rotatable bonds is 3. The normalized spacial score (nSPS) is 11.0. The highest BCUT2D eigenvalue weighted by Crippen LogP contribution is 2.24. The van der Waals surface area contributed by atoms with Crippen LogP contribution in [0.25, 0.3) is 22.2 Å². The van der Waals surface area contributed by atoms with Crippen LogP contribution in [0, 0.1) is 11.8 Å². The fourth-order valence-electron chi connectivity index (χ4n) is 2.23. The number of carbonyl (C=O) groups excluding carboxylic acids is 1. The van der Waals surface area contributed by atoms with Gasteiger partial charge in [-0.2, -0.15) is 4.39 Å². The van der Waals surface area contributed by atoms with E-state index in [0.717, 1.165) is 0 Å². The lowest BCUT2D eigenvalue weighted by atomic mass is 10.1. The van der Waals surface area contributed by atoms with Gasteiger partial charge in [0.25, 0.3) is 5.95 Å². The molecule has 118 valence electrons. The molecule has 0 radical (unpaired) electrons. The second-order valence-electron chi connectivity index (χ2n) is 5.34. The predicted octanol–water partition coefficient (Wildman–Crippen LogP) is 2.46. The van der Waals surface area contributed by atoms with Gasteiger partial charge in [-0.1, -0.05) is 12.1 Å². The van der Waals surface area contributed by atoms with Gasteiger partial charge in [0.05, 0.1) is 5.52 Å². The number of carbonyl (C=O) groups is 1. The molecule has 0 atom stereocenters. The first kappa shape index (κ1) is 15.1. The zero-order valence-corrected chi connectivity index (χ0v) is 12.6. The number of hydrogen-bond acceptors (Lipinski definition) is 3. The molecular formula is C16H14F2N4O. The third kappa shape index (κ3) is 2.90. The molecule has 0 saturated heterocycles. The van der Waals surface area contributed by atoms with Gasteiger partial charge in [-0.15, -0.1) is 5.10 Å². The Morgan fingerprint density at radius 1 is 1.22 bits per heavy atom. The number of hydrogen-bond donors (Lipinski definition) is 0. The van der Waals surface area contributed by atoms with Gasteiger partial charge in [0.1, 0.15) is 17.9 Å². The van der Waals surface area contributed by atoms with Gasteiger partial charge in [0.2, 0.25) is 5.91 Å². The van der Waals surface area contributed by atoms with Crippen molar-refractivity contribution in [3.05, 3.63) is 48.3 Å². The molecule has 0 saturated carbocycles. The highest BCUT2D eigenvalue weighted by molar-refractivity contribution is 5.83. The van der Waals surface area contributed by atoms with Gasteiger partial charge < -0.3 is 4.90 Å². The molecule has 1 aromatic carbocycles. The molecule has 0 fully saturated rings. The summed E-state index contributed by atoms with van der Waals surface area (Å²) in [6.07, 6.45) is 1.46. The van der Waals surface area contributed by atoms with Crippen molar-refractivity contribution in [2.75, 3.05) is 14.1 Å². The second-order valence-corrected chi connectivity index (χ2v) is 5.34. The van der Waals surface area contributed by atoms with Gasteiger partial charge in [0.15, 0.2) is 0 Å². The molecule has 2 heterocycles. The predicted molar refractivity (Wildman–Crippen MR) is 81.6 cm³/mol. The van der Waals surface area contributed by atoms with Crippen molar-refractivity contribution in [1.29, 1.82) is 0 Å². The van der Waals surface area contributed by atoms with Crippen LogP contribution in [0.15, 0.2) is 36.5 Å². The maximum absolute atomic E-state index is 13.9. The van der Waals surface area contributed by atoms with Crippen LogP contribution in [0.4, 0.5) is 8.78 Å². The smallest absolute Gasteiger partial charge is 0.258 e. The van der Waals surface area contributed by atoms with Crippen LogP contribution in [0.3, 0.4) is 0 Å². The molecule has 0 aliphatic rings. The zero-order chi connectivity index (χ0) is 16.6. The summed E-state index contributed by atoms with van der Waals surface area (Å²) in [6, 6.07) is 7.67. The van der Waals surface area contributed by atoms with Gasteiger partial charge in [-0.25, -0.2) is 9.37 Å². The Bertz CT molecular complexity index is 889. The Hall–Kier alpha value is -2.83. The summed E-state index contributed by atoms with van der Waals surface area (Å²) in [5, 5.41) is 3.73. The van der Waals surface area contributed by atoms with Crippen molar-refractivity contribution in [1.82, 2.24) is 19.7 Å². The molecule has 5 nitrogen and oxygen atoms in total. The number of aromatic nitrogens is 3. The van der Waals surface area contributed by atoms with Crippen LogP contribution < -0.4 is 0 Å². The van der Waals surface area contributed by atoms with Gasteiger partial charge in [-0.3, -0.25) is 9.48 Å². The van der Waals surface area contributed by atoms with Crippen molar-refractivity contribution in [2.45, 2.75) is 6.54 Å². The van der Waals surface area contributed by atoms with E-state index in [2.05, 4.69) is 10.1 Å². The van der Waals surface area contributed by atoms with E-state index >= 15 is 0 Å². The number of benzene rings is 1. The minimum Gasteiger partial charge on any atom is -0.347 e. The van der Waals surface area contributed by atoms with E-state index in [1.807, 2.05) is 0 Å². The molecule has 3 aromatic rings. The van der Waals surface area contributed by atoms with Crippen LogP contribution in [0.2, 0.25) is 0 Å². The number of fused-ring (bicyclic) bond motifs is 1. The summed E-state index contributed by atoms with van der Waals surface area (Å²) in [5.74, 6) is -1.33. The van der Waals surface area contributed by atoms with Crippen LogP contribution in [0.5, 0.6) is 0 Å². The topological polar surface area (TPSA) is 51.0 Å². The van der Waals surface area contributed by atoms with Crippen molar-refractivity contribution in [3.63, 3.8) is 0 Å². The van der Waals surface area contributed by atoms with Crippen LogP contribution >= 0.6 is 0 Å². The summed E-state index contributed by atoms with van der Waals surface area (Å²) in [4.78, 5) is 17.3. The van der Waals surface area contributed by atoms with E-state index in [1.165, 1.54) is 27.9 Å². The lowest BCUT2D eigenvalue weighted by Crippen LogP contribution is -2.26. The minimum atomic E-state index is -0.739. The Labute approximate surface area is 131 Å². The first-order chi connectivity index (χ1) is 11.0. The first-order valence-electron chi connectivity index (χ1n) is 6.94. The quantitative estimate of drug-likeness (QED) is 0.746. The number of halogens is 2. The molecule has 0 aliphatic carbocycles. The summed E-state index contributed by atoms with van der Waals surface area (Å²) in [6.45, 7) is -0.0955. The fraction of sp³-hybridized carbons (Fsp3) is 0.188. The monoisotopic (exact) mass is 316 g/mol. The van der Waals surface area contributed by atoms with E-state index in [4.69, 9.17) is 0 Å². The average Bonchev–Trinajstić information content (AvgIpc) is 2.83. The molecule has 0 aliphatic heterocycles. The Morgan fingerprint density at radius 2 is 2.00 bits per heavy atom.